The lowest BCUT2D eigenvalue weighted by atomic mass is 10.0. The lowest BCUT2D eigenvalue weighted by Gasteiger charge is -2.18. The van der Waals surface area contributed by atoms with Crippen molar-refractivity contribution in [2.45, 2.75) is 32.8 Å². The predicted octanol–water partition coefficient (Wildman–Crippen LogP) is 3.38. The molecule has 0 atom stereocenters. The molecule has 0 bridgehead atoms. The zero-order valence-corrected chi connectivity index (χ0v) is 16.4. The summed E-state index contributed by atoms with van der Waals surface area (Å²) in [5.74, 6) is 1.15. The van der Waals surface area contributed by atoms with E-state index in [0.29, 0.717) is 28.6 Å². The van der Waals surface area contributed by atoms with Crippen LogP contribution in [-0.4, -0.2) is 31.1 Å². The average Bonchev–Trinajstić information content (AvgIpc) is 2.94. The zero-order chi connectivity index (χ0) is 20.3. The molecular weight excluding hydrogens is 360 g/mol. The van der Waals surface area contributed by atoms with Crippen LogP contribution >= 0.6 is 0 Å². The minimum Gasteiger partial charge on any atom is -0.495 e. The molecule has 2 aromatic rings. The van der Waals surface area contributed by atoms with Crippen LogP contribution in [-0.2, 0) is 16.0 Å². The lowest BCUT2D eigenvalue weighted by Crippen LogP contribution is -2.25. The van der Waals surface area contributed by atoms with Gasteiger partial charge in [0, 0.05) is 24.6 Å². The number of para-hydroxylation sites is 1. The van der Waals surface area contributed by atoms with Gasteiger partial charge in [0.2, 0.25) is 5.91 Å². The van der Waals surface area contributed by atoms with E-state index in [9.17, 15) is 9.59 Å². The first kappa shape index (κ1) is 19.5. The lowest BCUT2D eigenvalue weighted by molar-refractivity contribution is -0.118. The van der Waals surface area contributed by atoms with Gasteiger partial charge in [0.1, 0.15) is 11.4 Å². The highest BCUT2D eigenvalue weighted by atomic mass is 16.5. The summed E-state index contributed by atoms with van der Waals surface area (Å²) in [6.45, 7) is 5.25. The second kappa shape index (κ2) is 7.80. The molecule has 7 heteroatoms. The largest absolute Gasteiger partial charge is 0.495 e. The van der Waals surface area contributed by atoms with Crippen molar-refractivity contribution in [2.75, 3.05) is 24.4 Å². The van der Waals surface area contributed by atoms with Gasteiger partial charge in [0.25, 0.3) is 5.91 Å². The molecular formula is C21H24N2O5. The molecule has 1 aliphatic rings. The first-order valence-electron chi connectivity index (χ1n) is 8.96. The molecule has 7 nitrogen and oxygen atoms in total. The van der Waals surface area contributed by atoms with Crippen LogP contribution in [0.25, 0.3) is 0 Å². The molecule has 0 fully saturated rings. The van der Waals surface area contributed by atoms with Gasteiger partial charge in [-0.15, -0.1) is 0 Å². The molecule has 2 N–H and O–H groups in total. The second-order valence-corrected chi connectivity index (χ2v) is 7.22. The third-order valence-corrected chi connectivity index (χ3v) is 4.21. The summed E-state index contributed by atoms with van der Waals surface area (Å²) < 4.78 is 16.9. The molecule has 1 heterocycles. The molecule has 0 spiro atoms. The van der Waals surface area contributed by atoms with E-state index in [1.54, 1.807) is 24.3 Å². The molecule has 0 saturated carbocycles. The maximum atomic E-state index is 12.4. The van der Waals surface area contributed by atoms with E-state index in [2.05, 4.69) is 10.6 Å². The minimum absolute atomic E-state index is 0.187. The number of rotatable bonds is 6. The van der Waals surface area contributed by atoms with Crippen molar-refractivity contribution in [3.8, 4) is 17.2 Å². The standard InChI is InChI=1S/C21H24N2O5/c1-13(24)22-15-8-9-17(26-4)16(10-15)23-19(25)12-27-18-7-5-6-14-11-21(2,3)28-20(14)18/h5-10H,11-12H2,1-4H3,(H,22,24)(H,23,25). The van der Waals surface area contributed by atoms with Crippen LogP contribution in [0.3, 0.4) is 0 Å². The molecule has 0 aliphatic carbocycles. The van der Waals surface area contributed by atoms with E-state index >= 15 is 0 Å². The topological polar surface area (TPSA) is 85.9 Å². The predicted molar refractivity (Wildman–Crippen MR) is 106 cm³/mol. The summed E-state index contributed by atoms with van der Waals surface area (Å²) in [7, 11) is 1.51. The Bertz CT molecular complexity index is 908. The molecule has 1 aliphatic heterocycles. The molecule has 3 rings (SSSR count). The van der Waals surface area contributed by atoms with Crippen LogP contribution in [0.2, 0.25) is 0 Å². The van der Waals surface area contributed by atoms with Crippen molar-refractivity contribution >= 4 is 23.2 Å². The van der Waals surface area contributed by atoms with Crippen molar-refractivity contribution in [3.63, 3.8) is 0 Å². The first-order valence-corrected chi connectivity index (χ1v) is 8.96. The monoisotopic (exact) mass is 384 g/mol. The summed E-state index contributed by atoms with van der Waals surface area (Å²) in [5.41, 5.74) is 1.77. The highest BCUT2D eigenvalue weighted by molar-refractivity contribution is 5.95. The number of benzene rings is 2. The Morgan fingerprint density at radius 3 is 2.64 bits per heavy atom. The maximum absolute atomic E-state index is 12.4. The fourth-order valence-corrected chi connectivity index (χ4v) is 3.12. The van der Waals surface area contributed by atoms with E-state index < -0.39 is 0 Å². The average molecular weight is 384 g/mol. The van der Waals surface area contributed by atoms with E-state index in [-0.39, 0.29) is 24.0 Å². The number of carbonyl (C=O) groups is 2. The normalized spacial score (nSPS) is 13.9. The van der Waals surface area contributed by atoms with Crippen molar-refractivity contribution in [1.82, 2.24) is 0 Å². The molecule has 0 aromatic heterocycles. The Labute approximate surface area is 164 Å². The fraction of sp³-hybridized carbons (Fsp3) is 0.333. The van der Waals surface area contributed by atoms with Crippen molar-refractivity contribution in [1.29, 1.82) is 0 Å². The van der Waals surface area contributed by atoms with Gasteiger partial charge in [-0.05, 0) is 38.1 Å². The number of nitrogens with one attached hydrogen (secondary N) is 2. The molecule has 0 radical (unpaired) electrons. The Hall–Kier alpha value is -3.22. The van der Waals surface area contributed by atoms with Gasteiger partial charge in [-0.3, -0.25) is 9.59 Å². The summed E-state index contributed by atoms with van der Waals surface area (Å²) in [5, 5.41) is 5.42. The Kier molecular flexibility index (Phi) is 5.44. The van der Waals surface area contributed by atoms with Gasteiger partial charge in [-0.2, -0.15) is 0 Å². The zero-order valence-electron chi connectivity index (χ0n) is 16.4. The molecule has 0 saturated heterocycles. The maximum Gasteiger partial charge on any atom is 0.262 e. The van der Waals surface area contributed by atoms with Gasteiger partial charge < -0.3 is 24.8 Å². The van der Waals surface area contributed by atoms with Gasteiger partial charge in [-0.1, -0.05) is 12.1 Å². The van der Waals surface area contributed by atoms with Crippen molar-refractivity contribution in [2.24, 2.45) is 0 Å². The Morgan fingerprint density at radius 1 is 1.14 bits per heavy atom. The second-order valence-electron chi connectivity index (χ2n) is 7.22. The van der Waals surface area contributed by atoms with Crippen LogP contribution in [0.4, 0.5) is 11.4 Å². The Morgan fingerprint density at radius 2 is 1.93 bits per heavy atom. The van der Waals surface area contributed by atoms with Crippen LogP contribution in [0.5, 0.6) is 17.2 Å². The minimum atomic E-state index is -0.354. The molecule has 148 valence electrons. The number of carbonyl (C=O) groups excluding carboxylic acids is 2. The van der Waals surface area contributed by atoms with Crippen molar-refractivity contribution < 1.29 is 23.8 Å². The highest BCUT2D eigenvalue weighted by Gasteiger charge is 2.32. The quantitative estimate of drug-likeness (QED) is 0.797. The number of hydrogen-bond acceptors (Lipinski definition) is 5. The van der Waals surface area contributed by atoms with Crippen LogP contribution in [0.1, 0.15) is 26.3 Å². The summed E-state index contributed by atoms with van der Waals surface area (Å²) in [6.07, 6.45) is 0.791. The van der Waals surface area contributed by atoms with Crippen LogP contribution in [0, 0.1) is 0 Å². The van der Waals surface area contributed by atoms with E-state index in [1.165, 1.54) is 14.0 Å². The molecule has 0 unspecified atom stereocenters. The van der Waals surface area contributed by atoms with E-state index in [4.69, 9.17) is 14.2 Å². The number of methoxy groups -OCH3 is 1. The van der Waals surface area contributed by atoms with E-state index in [1.807, 2.05) is 26.0 Å². The fourth-order valence-electron chi connectivity index (χ4n) is 3.12. The van der Waals surface area contributed by atoms with Gasteiger partial charge in [0.15, 0.2) is 18.1 Å². The van der Waals surface area contributed by atoms with Crippen LogP contribution in [0.15, 0.2) is 36.4 Å². The number of fused-ring (bicyclic) bond motifs is 1. The summed E-state index contributed by atoms with van der Waals surface area (Å²) >= 11 is 0. The summed E-state index contributed by atoms with van der Waals surface area (Å²) in [4.78, 5) is 23.6. The highest BCUT2D eigenvalue weighted by Crippen LogP contribution is 2.41. The first-order chi connectivity index (χ1) is 13.3. The Balaban J connectivity index is 1.68. The number of ether oxygens (including phenoxy) is 3. The molecule has 2 aromatic carbocycles. The van der Waals surface area contributed by atoms with Crippen molar-refractivity contribution in [3.05, 3.63) is 42.0 Å². The smallest absolute Gasteiger partial charge is 0.262 e. The molecule has 28 heavy (non-hydrogen) atoms. The van der Waals surface area contributed by atoms with Gasteiger partial charge in [-0.25, -0.2) is 0 Å². The summed E-state index contributed by atoms with van der Waals surface area (Å²) in [6, 6.07) is 10.7. The number of hydrogen-bond donors (Lipinski definition) is 2. The van der Waals surface area contributed by atoms with Crippen LogP contribution < -0.4 is 24.8 Å². The SMILES string of the molecule is COc1ccc(NC(C)=O)cc1NC(=O)COc1cccc2c1OC(C)(C)C2. The number of anilines is 2. The van der Waals surface area contributed by atoms with Gasteiger partial charge >= 0.3 is 0 Å². The molecule has 2 amide bonds. The van der Waals surface area contributed by atoms with Gasteiger partial charge in [0.05, 0.1) is 12.8 Å². The third kappa shape index (κ3) is 4.54. The third-order valence-electron chi connectivity index (χ3n) is 4.21. The van der Waals surface area contributed by atoms with E-state index in [0.717, 1.165) is 12.0 Å². The number of amides is 2.